The first kappa shape index (κ1) is 16.4. The van der Waals surface area contributed by atoms with Crippen molar-refractivity contribution in [3.8, 4) is 5.75 Å². The Morgan fingerprint density at radius 2 is 2.20 bits per heavy atom. The third-order valence-electron chi connectivity index (χ3n) is 3.22. The number of ether oxygens (including phenoxy) is 1. The summed E-state index contributed by atoms with van der Waals surface area (Å²) in [6.07, 6.45) is 0.0201. The zero-order valence-corrected chi connectivity index (χ0v) is 12.5. The molecule has 4 nitrogen and oxygen atoms in total. The molecule has 0 heterocycles. The van der Waals surface area contributed by atoms with Crippen molar-refractivity contribution in [2.24, 2.45) is 5.73 Å². The molecule has 0 fully saturated rings. The number of carbonyl (C=O) groups is 1. The van der Waals surface area contributed by atoms with Gasteiger partial charge in [0.1, 0.15) is 0 Å². The van der Waals surface area contributed by atoms with Gasteiger partial charge in [0.05, 0.1) is 11.6 Å². The molecule has 2 unspecified atom stereocenters. The van der Waals surface area contributed by atoms with Gasteiger partial charge < -0.3 is 15.8 Å². The van der Waals surface area contributed by atoms with Crippen LogP contribution in [-0.2, 0) is 4.79 Å². The van der Waals surface area contributed by atoms with E-state index < -0.39 is 17.3 Å². The van der Waals surface area contributed by atoms with E-state index in [-0.39, 0.29) is 11.9 Å². The number of primary amides is 1. The van der Waals surface area contributed by atoms with E-state index in [0.717, 1.165) is 5.56 Å². The van der Waals surface area contributed by atoms with Crippen molar-refractivity contribution in [3.63, 3.8) is 0 Å². The summed E-state index contributed by atoms with van der Waals surface area (Å²) in [5.74, 6) is -0.660. The van der Waals surface area contributed by atoms with Crippen molar-refractivity contribution in [3.05, 3.63) is 29.6 Å². The normalized spacial score (nSPS) is 15.4. The fourth-order valence-corrected chi connectivity index (χ4v) is 2.18. The first-order valence-electron chi connectivity index (χ1n) is 6.76. The Bertz CT molecular complexity index is 479. The van der Waals surface area contributed by atoms with E-state index in [1.54, 1.807) is 26.0 Å². The van der Waals surface area contributed by atoms with E-state index in [9.17, 15) is 9.18 Å². The van der Waals surface area contributed by atoms with Gasteiger partial charge in [0, 0.05) is 6.42 Å². The van der Waals surface area contributed by atoms with Crippen molar-refractivity contribution in [1.82, 2.24) is 5.32 Å². The van der Waals surface area contributed by atoms with Gasteiger partial charge in [-0.2, -0.15) is 0 Å². The summed E-state index contributed by atoms with van der Waals surface area (Å²) in [5.41, 5.74) is 5.47. The maximum absolute atomic E-state index is 13.6. The molecule has 0 bridgehead atoms. The van der Waals surface area contributed by atoms with Gasteiger partial charge in [-0.3, -0.25) is 4.79 Å². The van der Waals surface area contributed by atoms with Crippen LogP contribution in [-0.4, -0.2) is 24.1 Å². The van der Waals surface area contributed by atoms with Crippen molar-refractivity contribution in [2.75, 3.05) is 6.54 Å². The van der Waals surface area contributed by atoms with Crippen molar-refractivity contribution >= 4 is 5.91 Å². The molecule has 20 heavy (non-hydrogen) atoms. The summed E-state index contributed by atoms with van der Waals surface area (Å²) in [4.78, 5) is 11.6. The Hall–Kier alpha value is -1.62. The third-order valence-corrected chi connectivity index (χ3v) is 3.22. The number of hydrogen-bond acceptors (Lipinski definition) is 3. The first-order chi connectivity index (χ1) is 9.28. The van der Waals surface area contributed by atoms with Crippen LogP contribution in [0.3, 0.4) is 0 Å². The molecule has 0 saturated heterocycles. The monoisotopic (exact) mass is 282 g/mol. The molecule has 0 aliphatic carbocycles. The van der Waals surface area contributed by atoms with E-state index >= 15 is 0 Å². The Kier molecular flexibility index (Phi) is 5.51. The van der Waals surface area contributed by atoms with Crippen LogP contribution in [0.25, 0.3) is 0 Å². The van der Waals surface area contributed by atoms with E-state index in [4.69, 9.17) is 10.5 Å². The second-order valence-electron chi connectivity index (χ2n) is 5.29. The van der Waals surface area contributed by atoms with Gasteiger partial charge in [0.25, 0.3) is 0 Å². The van der Waals surface area contributed by atoms with Gasteiger partial charge in [-0.05, 0) is 45.0 Å². The molecule has 112 valence electrons. The predicted octanol–water partition coefficient (Wildman–Crippen LogP) is 2.15. The highest BCUT2D eigenvalue weighted by Crippen LogP contribution is 2.22. The average molecular weight is 282 g/mol. The van der Waals surface area contributed by atoms with Crippen LogP contribution in [0, 0.1) is 12.7 Å². The zero-order chi connectivity index (χ0) is 15.3. The van der Waals surface area contributed by atoms with Crippen LogP contribution in [0.4, 0.5) is 4.39 Å². The van der Waals surface area contributed by atoms with E-state index in [1.807, 2.05) is 13.8 Å². The first-order valence-corrected chi connectivity index (χ1v) is 6.76. The van der Waals surface area contributed by atoms with Crippen LogP contribution < -0.4 is 15.8 Å². The van der Waals surface area contributed by atoms with Gasteiger partial charge in [-0.15, -0.1) is 0 Å². The number of amides is 1. The lowest BCUT2D eigenvalue weighted by molar-refractivity contribution is -0.124. The van der Waals surface area contributed by atoms with E-state index in [1.165, 1.54) is 6.07 Å². The fourth-order valence-electron chi connectivity index (χ4n) is 2.18. The van der Waals surface area contributed by atoms with Crippen LogP contribution >= 0.6 is 0 Å². The predicted molar refractivity (Wildman–Crippen MR) is 77.1 cm³/mol. The molecule has 1 amide bonds. The number of benzene rings is 1. The maximum Gasteiger partial charge on any atom is 0.237 e. The zero-order valence-electron chi connectivity index (χ0n) is 12.5. The van der Waals surface area contributed by atoms with Crippen LogP contribution in [0.1, 0.15) is 32.8 Å². The van der Waals surface area contributed by atoms with Crippen molar-refractivity contribution in [1.29, 1.82) is 0 Å². The molecule has 0 aliphatic heterocycles. The smallest absolute Gasteiger partial charge is 0.237 e. The highest BCUT2D eigenvalue weighted by atomic mass is 19.1. The molecule has 0 aliphatic rings. The minimum absolute atomic E-state index is 0.195. The molecule has 1 aromatic carbocycles. The summed E-state index contributed by atoms with van der Waals surface area (Å²) in [7, 11) is 0. The number of hydrogen-bond donors (Lipinski definition) is 2. The van der Waals surface area contributed by atoms with Gasteiger partial charge in [-0.1, -0.05) is 13.0 Å². The number of likely N-dealkylation sites (N-methyl/N-ethyl adjacent to an activating group) is 1. The average Bonchev–Trinajstić information content (AvgIpc) is 2.33. The van der Waals surface area contributed by atoms with Crippen LogP contribution in [0.5, 0.6) is 5.75 Å². The van der Waals surface area contributed by atoms with E-state index in [2.05, 4.69) is 5.32 Å². The van der Waals surface area contributed by atoms with Crippen molar-refractivity contribution < 1.29 is 13.9 Å². The SMILES string of the molecule is CCNC(C)(CC(C)Oc1cc(C)ccc1F)C(N)=O. The molecule has 2 atom stereocenters. The fraction of sp³-hybridized carbons (Fsp3) is 0.533. The number of halogens is 1. The Morgan fingerprint density at radius 1 is 1.55 bits per heavy atom. The summed E-state index contributed by atoms with van der Waals surface area (Å²) >= 11 is 0. The molecule has 0 saturated carbocycles. The molecular formula is C15H23FN2O2. The second kappa shape index (κ2) is 6.70. The van der Waals surface area contributed by atoms with Gasteiger partial charge in [0.2, 0.25) is 5.91 Å². The molecule has 3 N–H and O–H groups in total. The Balaban J connectivity index is 2.78. The third kappa shape index (κ3) is 4.20. The Labute approximate surface area is 119 Å². The summed E-state index contributed by atoms with van der Waals surface area (Å²) in [6, 6.07) is 4.69. The second-order valence-corrected chi connectivity index (χ2v) is 5.29. The number of carbonyl (C=O) groups excluding carboxylic acids is 1. The summed E-state index contributed by atoms with van der Waals surface area (Å²) < 4.78 is 19.2. The molecule has 0 radical (unpaired) electrons. The lowest BCUT2D eigenvalue weighted by Crippen LogP contribution is -2.55. The molecular weight excluding hydrogens is 259 g/mol. The lowest BCUT2D eigenvalue weighted by atomic mass is 9.94. The Morgan fingerprint density at radius 3 is 2.75 bits per heavy atom. The number of nitrogens with one attached hydrogen (secondary N) is 1. The number of nitrogens with two attached hydrogens (primary N) is 1. The topological polar surface area (TPSA) is 64.3 Å². The van der Waals surface area contributed by atoms with Crippen LogP contribution in [0.15, 0.2) is 18.2 Å². The number of rotatable bonds is 7. The van der Waals surface area contributed by atoms with E-state index in [0.29, 0.717) is 13.0 Å². The maximum atomic E-state index is 13.6. The molecule has 0 spiro atoms. The van der Waals surface area contributed by atoms with Gasteiger partial charge in [0.15, 0.2) is 11.6 Å². The van der Waals surface area contributed by atoms with Gasteiger partial charge in [-0.25, -0.2) is 4.39 Å². The summed E-state index contributed by atoms with van der Waals surface area (Å²) in [5, 5.41) is 3.05. The molecule has 1 aromatic rings. The molecule has 0 aromatic heterocycles. The molecule has 5 heteroatoms. The molecule has 1 rings (SSSR count). The number of aryl methyl sites for hydroxylation is 1. The van der Waals surface area contributed by atoms with Crippen LogP contribution in [0.2, 0.25) is 0 Å². The minimum atomic E-state index is -0.867. The van der Waals surface area contributed by atoms with Gasteiger partial charge >= 0.3 is 0 Å². The highest BCUT2D eigenvalue weighted by Gasteiger charge is 2.32. The quantitative estimate of drug-likeness (QED) is 0.805. The van der Waals surface area contributed by atoms with Crippen molar-refractivity contribution in [2.45, 2.75) is 45.8 Å². The standard InChI is InChI=1S/C15H23FN2O2/c1-5-18-15(4,14(17)19)9-11(3)20-13-8-10(2)6-7-12(13)16/h6-8,11,18H,5,9H2,1-4H3,(H2,17,19). The minimum Gasteiger partial charge on any atom is -0.488 e. The lowest BCUT2D eigenvalue weighted by Gasteiger charge is -2.30. The largest absolute Gasteiger partial charge is 0.488 e. The summed E-state index contributed by atoms with van der Waals surface area (Å²) in [6.45, 7) is 7.90. The highest BCUT2D eigenvalue weighted by molar-refractivity contribution is 5.84.